The van der Waals surface area contributed by atoms with E-state index in [2.05, 4.69) is 46.4 Å². The zero-order valence-corrected chi connectivity index (χ0v) is 11.5. The predicted octanol–water partition coefficient (Wildman–Crippen LogP) is 2.81. The van der Waals surface area contributed by atoms with Gasteiger partial charge >= 0.3 is 0 Å². The number of anilines is 1. The maximum Gasteiger partial charge on any atom is 0.0703 e. The summed E-state index contributed by atoms with van der Waals surface area (Å²) in [6.45, 7) is 5.53. The van der Waals surface area contributed by atoms with Crippen molar-refractivity contribution in [3.8, 4) is 0 Å². The molecule has 1 saturated heterocycles. The molecule has 3 nitrogen and oxygen atoms in total. The molecule has 19 heavy (non-hydrogen) atoms. The van der Waals surface area contributed by atoms with Crippen molar-refractivity contribution in [1.29, 1.82) is 0 Å². The van der Waals surface area contributed by atoms with Gasteiger partial charge in [0.15, 0.2) is 0 Å². The van der Waals surface area contributed by atoms with Gasteiger partial charge in [-0.05, 0) is 30.7 Å². The Bertz CT molecular complexity index is 550. The number of aromatic nitrogens is 1. The first-order chi connectivity index (χ1) is 9.36. The second-order valence-electron chi connectivity index (χ2n) is 5.27. The third kappa shape index (κ3) is 2.71. The van der Waals surface area contributed by atoms with Gasteiger partial charge in [-0.15, -0.1) is 0 Å². The summed E-state index contributed by atoms with van der Waals surface area (Å²) < 4.78 is 0. The minimum absolute atomic E-state index is 0.628. The highest BCUT2D eigenvalue weighted by molar-refractivity contribution is 5.82. The molecule has 1 aromatic carbocycles. The molecule has 3 rings (SSSR count). The number of benzene rings is 1. The number of pyridine rings is 1. The third-order valence-corrected chi connectivity index (χ3v) is 3.84. The summed E-state index contributed by atoms with van der Waals surface area (Å²) >= 11 is 0. The number of nitrogens with one attached hydrogen (secondary N) is 1. The maximum absolute atomic E-state index is 4.38. The Morgan fingerprint density at radius 2 is 2.32 bits per heavy atom. The first kappa shape index (κ1) is 12.4. The van der Waals surface area contributed by atoms with Gasteiger partial charge in [0.05, 0.1) is 5.52 Å². The number of piperazine rings is 1. The van der Waals surface area contributed by atoms with Crippen molar-refractivity contribution >= 4 is 16.6 Å². The van der Waals surface area contributed by atoms with Gasteiger partial charge in [-0.2, -0.15) is 0 Å². The van der Waals surface area contributed by atoms with E-state index in [0.29, 0.717) is 6.04 Å². The number of fused-ring (bicyclic) bond motifs is 1. The lowest BCUT2D eigenvalue weighted by molar-refractivity contribution is 0.431. The second-order valence-corrected chi connectivity index (χ2v) is 5.27. The summed E-state index contributed by atoms with van der Waals surface area (Å²) in [5.41, 5.74) is 2.40. The molecule has 0 aliphatic carbocycles. The van der Waals surface area contributed by atoms with Gasteiger partial charge in [-0.25, -0.2) is 0 Å². The van der Waals surface area contributed by atoms with Crippen LogP contribution < -0.4 is 10.2 Å². The standard InChI is InChI=1S/C16H21N3/c1-2-4-14-12-19(10-9-17-14)15-6-7-16-13(11-15)5-3-8-18-16/h3,5-8,11,14,17H,2,4,9-10,12H2,1H3. The van der Waals surface area contributed by atoms with E-state index in [0.717, 1.165) is 25.2 Å². The van der Waals surface area contributed by atoms with Gasteiger partial charge in [0, 0.05) is 42.9 Å². The summed E-state index contributed by atoms with van der Waals surface area (Å²) in [4.78, 5) is 6.87. The van der Waals surface area contributed by atoms with Gasteiger partial charge in [-0.3, -0.25) is 4.98 Å². The number of hydrogen-bond donors (Lipinski definition) is 1. The molecule has 1 aliphatic rings. The molecule has 2 heterocycles. The molecule has 1 N–H and O–H groups in total. The largest absolute Gasteiger partial charge is 0.369 e. The Kier molecular flexibility index (Phi) is 3.65. The minimum Gasteiger partial charge on any atom is -0.369 e. The van der Waals surface area contributed by atoms with Crippen LogP contribution in [0.3, 0.4) is 0 Å². The summed E-state index contributed by atoms with van der Waals surface area (Å²) in [7, 11) is 0. The van der Waals surface area contributed by atoms with Gasteiger partial charge in [0.2, 0.25) is 0 Å². The summed E-state index contributed by atoms with van der Waals surface area (Å²) in [6.07, 6.45) is 4.35. The second kappa shape index (κ2) is 5.57. The fourth-order valence-electron chi connectivity index (χ4n) is 2.86. The average Bonchev–Trinajstić information content (AvgIpc) is 2.47. The van der Waals surface area contributed by atoms with Crippen molar-refractivity contribution in [2.75, 3.05) is 24.5 Å². The van der Waals surface area contributed by atoms with E-state index in [-0.39, 0.29) is 0 Å². The van der Waals surface area contributed by atoms with Crippen LogP contribution in [0.2, 0.25) is 0 Å². The lowest BCUT2D eigenvalue weighted by atomic mass is 10.1. The van der Waals surface area contributed by atoms with E-state index >= 15 is 0 Å². The van der Waals surface area contributed by atoms with Crippen LogP contribution in [-0.2, 0) is 0 Å². The van der Waals surface area contributed by atoms with Crippen LogP contribution in [0.15, 0.2) is 36.5 Å². The Labute approximate surface area is 114 Å². The quantitative estimate of drug-likeness (QED) is 0.914. The van der Waals surface area contributed by atoms with Crippen LogP contribution in [0, 0.1) is 0 Å². The molecule has 3 heteroatoms. The van der Waals surface area contributed by atoms with Crippen LogP contribution in [-0.4, -0.2) is 30.7 Å². The molecule has 0 amide bonds. The third-order valence-electron chi connectivity index (χ3n) is 3.84. The molecule has 1 aromatic heterocycles. The number of rotatable bonds is 3. The lowest BCUT2D eigenvalue weighted by Crippen LogP contribution is -2.50. The highest BCUT2D eigenvalue weighted by Gasteiger charge is 2.18. The minimum atomic E-state index is 0.628. The van der Waals surface area contributed by atoms with E-state index in [1.165, 1.54) is 23.9 Å². The average molecular weight is 255 g/mol. The molecule has 100 valence electrons. The molecule has 0 spiro atoms. The normalized spacial score (nSPS) is 19.8. The van der Waals surface area contributed by atoms with E-state index in [1.54, 1.807) is 0 Å². The van der Waals surface area contributed by atoms with E-state index < -0.39 is 0 Å². The molecule has 2 aromatic rings. The Hall–Kier alpha value is -1.61. The fraction of sp³-hybridized carbons (Fsp3) is 0.438. The van der Waals surface area contributed by atoms with Crippen molar-refractivity contribution in [3.05, 3.63) is 36.5 Å². The van der Waals surface area contributed by atoms with Crippen molar-refractivity contribution in [2.45, 2.75) is 25.8 Å². The van der Waals surface area contributed by atoms with Crippen LogP contribution in [0.5, 0.6) is 0 Å². The van der Waals surface area contributed by atoms with Crippen LogP contribution >= 0.6 is 0 Å². The zero-order chi connectivity index (χ0) is 13.1. The molecule has 0 bridgehead atoms. The van der Waals surface area contributed by atoms with Crippen molar-refractivity contribution in [3.63, 3.8) is 0 Å². The first-order valence-corrected chi connectivity index (χ1v) is 7.20. The molecule has 1 aliphatic heterocycles. The van der Waals surface area contributed by atoms with Crippen molar-refractivity contribution in [1.82, 2.24) is 10.3 Å². The monoisotopic (exact) mass is 255 g/mol. The SMILES string of the molecule is CCCC1CN(c2ccc3ncccc3c2)CCN1. The molecule has 1 fully saturated rings. The highest BCUT2D eigenvalue weighted by atomic mass is 15.2. The van der Waals surface area contributed by atoms with E-state index in [1.807, 2.05) is 12.3 Å². The van der Waals surface area contributed by atoms with Crippen LogP contribution in [0.4, 0.5) is 5.69 Å². The predicted molar refractivity (Wildman–Crippen MR) is 80.7 cm³/mol. The van der Waals surface area contributed by atoms with Crippen molar-refractivity contribution in [2.24, 2.45) is 0 Å². The number of nitrogens with zero attached hydrogens (tertiary/aromatic N) is 2. The molecule has 0 radical (unpaired) electrons. The first-order valence-electron chi connectivity index (χ1n) is 7.20. The molecule has 0 saturated carbocycles. The molecule has 1 unspecified atom stereocenters. The van der Waals surface area contributed by atoms with E-state index in [4.69, 9.17) is 0 Å². The zero-order valence-electron chi connectivity index (χ0n) is 11.5. The number of hydrogen-bond acceptors (Lipinski definition) is 3. The van der Waals surface area contributed by atoms with E-state index in [9.17, 15) is 0 Å². The highest BCUT2D eigenvalue weighted by Crippen LogP contribution is 2.22. The molecular formula is C16H21N3. The Balaban J connectivity index is 1.83. The van der Waals surface area contributed by atoms with Crippen LogP contribution in [0.1, 0.15) is 19.8 Å². The smallest absolute Gasteiger partial charge is 0.0703 e. The topological polar surface area (TPSA) is 28.2 Å². The van der Waals surface area contributed by atoms with Crippen molar-refractivity contribution < 1.29 is 0 Å². The molecular weight excluding hydrogens is 234 g/mol. The maximum atomic E-state index is 4.38. The van der Waals surface area contributed by atoms with Crippen LogP contribution in [0.25, 0.3) is 10.9 Å². The molecule has 1 atom stereocenters. The summed E-state index contributed by atoms with van der Waals surface area (Å²) in [5, 5.41) is 4.83. The summed E-state index contributed by atoms with van der Waals surface area (Å²) in [6, 6.07) is 11.4. The fourth-order valence-corrected chi connectivity index (χ4v) is 2.86. The van der Waals surface area contributed by atoms with Gasteiger partial charge in [-0.1, -0.05) is 19.4 Å². The Morgan fingerprint density at radius 1 is 1.37 bits per heavy atom. The Morgan fingerprint density at radius 3 is 3.21 bits per heavy atom. The van der Waals surface area contributed by atoms with Gasteiger partial charge in [0.1, 0.15) is 0 Å². The summed E-state index contributed by atoms with van der Waals surface area (Å²) in [5.74, 6) is 0. The van der Waals surface area contributed by atoms with Gasteiger partial charge in [0.25, 0.3) is 0 Å². The van der Waals surface area contributed by atoms with Gasteiger partial charge < -0.3 is 10.2 Å². The lowest BCUT2D eigenvalue weighted by Gasteiger charge is -2.35.